The summed E-state index contributed by atoms with van der Waals surface area (Å²) in [6, 6.07) is 5.11. The third-order valence-corrected chi connectivity index (χ3v) is 4.83. The molecular formula is C16H20BrFN2O. The Balaban J connectivity index is 1.54. The van der Waals surface area contributed by atoms with Gasteiger partial charge in [0.05, 0.1) is 5.56 Å². The van der Waals surface area contributed by atoms with Crippen molar-refractivity contribution in [2.24, 2.45) is 5.92 Å². The lowest BCUT2D eigenvalue weighted by Crippen LogP contribution is -2.45. The van der Waals surface area contributed by atoms with Gasteiger partial charge in [-0.05, 0) is 56.3 Å². The van der Waals surface area contributed by atoms with Gasteiger partial charge in [0.25, 0.3) is 5.91 Å². The zero-order valence-corrected chi connectivity index (χ0v) is 13.5. The fourth-order valence-electron chi connectivity index (χ4n) is 2.78. The summed E-state index contributed by atoms with van der Waals surface area (Å²) in [5.41, 5.74) is 0.169. The first kappa shape index (κ1) is 15.0. The number of piperidine rings is 1. The van der Waals surface area contributed by atoms with Crippen LogP contribution in [-0.4, -0.2) is 36.5 Å². The number of hydrogen-bond donors (Lipinski definition) is 1. The number of hydrogen-bond acceptors (Lipinski definition) is 2. The van der Waals surface area contributed by atoms with Crippen LogP contribution in [0.5, 0.6) is 0 Å². The Morgan fingerprint density at radius 3 is 2.62 bits per heavy atom. The highest BCUT2D eigenvalue weighted by molar-refractivity contribution is 9.10. The maximum atomic E-state index is 13.9. The number of amides is 1. The summed E-state index contributed by atoms with van der Waals surface area (Å²) in [4.78, 5) is 14.1. The minimum atomic E-state index is -0.455. The molecule has 1 saturated carbocycles. The Kier molecular flexibility index (Phi) is 4.60. The first-order chi connectivity index (χ1) is 10.1. The highest BCUT2D eigenvalue weighted by atomic mass is 79.9. The summed E-state index contributed by atoms with van der Waals surface area (Å²) in [6.07, 6.45) is 4.62. The molecule has 114 valence electrons. The van der Waals surface area contributed by atoms with Crippen LogP contribution in [0, 0.1) is 11.7 Å². The third kappa shape index (κ3) is 3.83. The van der Waals surface area contributed by atoms with Crippen LogP contribution in [0.2, 0.25) is 0 Å². The summed E-state index contributed by atoms with van der Waals surface area (Å²) in [7, 11) is 0. The predicted octanol–water partition coefficient (Wildman–Crippen LogP) is 3.19. The van der Waals surface area contributed by atoms with Crippen molar-refractivity contribution in [1.82, 2.24) is 10.2 Å². The van der Waals surface area contributed by atoms with Crippen LogP contribution in [0.3, 0.4) is 0 Å². The molecule has 3 rings (SSSR count). The normalized spacial score (nSPS) is 19.8. The second kappa shape index (κ2) is 6.44. The van der Waals surface area contributed by atoms with E-state index in [1.54, 1.807) is 17.0 Å². The van der Waals surface area contributed by atoms with Crippen molar-refractivity contribution >= 4 is 21.8 Å². The topological polar surface area (TPSA) is 32.3 Å². The predicted molar refractivity (Wildman–Crippen MR) is 83.8 cm³/mol. The second-order valence-corrected chi connectivity index (χ2v) is 6.96. The van der Waals surface area contributed by atoms with Crippen LogP contribution in [0.15, 0.2) is 22.7 Å². The van der Waals surface area contributed by atoms with Gasteiger partial charge in [0, 0.05) is 23.6 Å². The molecule has 0 aromatic heterocycles. The molecule has 0 unspecified atom stereocenters. The smallest absolute Gasteiger partial charge is 0.256 e. The first-order valence-corrected chi connectivity index (χ1v) is 8.40. The molecule has 1 aliphatic carbocycles. The molecule has 1 saturated heterocycles. The van der Waals surface area contributed by atoms with Crippen LogP contribution in [0.25, 0.3) is 0 Å². The number of nitrogens with one attached hydrogen (secondary N) is 1. The van der Waals surface area contributed by atoms with E-state index in [0.717, 1.165) is 25.3 Å². The number of likely N-dealkylation sites (tertiary alicyclic amines) is 1. The molecule has 1 heterocycles. The fraction of sp³-hybridized carbons (Fsp3) is 0.562. The summed E-state index contributed by atoms with van der Waals surface area (Å²) >= 11 is 3.21. The average molecular weight is 355 g/mol. The first-order valence-electron chi connectivity index (χ1n) is 7.61. The number of carbonyl (C=O) groups excluding carboxylic acids is 1. The molecule has 0 spiro atoms. The van der Waals surface area contributed by atoms with Crippen LogP contribution in [0.4, 0.5) is 4.39 Å². The van der Waals surface area contributed by atoms with Crippen molar-refractivity contribution in [3.8, 4) is 0 Å². The largest absolute Gasteiger partial charge is 0.338 e. The summed E-state index contributed by atoms with van der Waals surface area (Å²) in [6.45, 7) is 2.52. The molecule has 3 nitrogen and oxygen atoms in total. The van der Waals surface area contributed by atoms with Crippen LogP contribution < -0.4 is 5.32 Å². The number of rotatable bonds is 4. The lowest BCUT2D eigenvalue weighted by molar-refractivity contribution is 0.0700. The van der Waals surface area contributed by atoms with Gasteiger partial charge in [0.15, 0.2) is 0 Å². The standard InChI is InChI=1S/C16H20BrFN2O/c17-12-3-4-14(15(18)9-12)16(21)20-7-5-13(6-8-20)19-10-11-1-2-11/h3-4,9,11,13,19H,1-2,5-8,10H2. The fourth-order valence-corrected chi connectivity index (χ4v) is 3.11. The van der Waals surface area contributed by atoms with E-state index in [2.05, 4.69) is 21.2 Å². The Morgan fingerprint density at radius 2 is 2.00 bits per heavy atom. The van der Waals surface area contributed by atoms with Crippen molar-refractivity contribution in [3.63, 3.8) is 0 Å². The molecule has 1 aliphatic heterocycles. The van der Waals surface area contributed by atoms with Crippen LogP contribution in [-0.2, 0) is 0 Å². The molecule has 1 aromatic carbocycles. The molecule has 5 heteroatoms. The lowest BCUT2D eigenvalue weighted by Gasteiger charge is -2.32. The number of nitrogens with zero attached hydrogens (tertiary/aromatic N) is 1. The van der Waals surface area contributed by atoms with Crippen LogP contribution in [0.1, 0.15) is 36.0 Å². The molecule has 0 atom stereocenters. The molecule has 1 amide bonds. The zero-order chi connectivity index (χ0) is 14.8. The van der Waals surface area contributed by atoms with Crippen molar-refractivity contribution < 1.29 is 9.18 Å². The molecule has 0 radical (unpaired) electrons. The van der Waals surface area contributed by atoms with Gasteiger partial charge in [-0.1, -0.05) is 15.9 Å². The van der Waals surface area contributed by atoms with Gasteiger partial charge in [0.1, 0.15) is 5.82 Å². The van der Waals surface area contributed by atoms with E-state index in [9.17, 15) is 9.18 Å². The van der Waals surface area contributed by atoms with Gasteiger partial charge in [-0.3, -0.25) is 4.79 Å². The SMILES string of the molecule is O=C(c1ccc(Br)cc1F)N1CCC(NCC2CC2)CC1. The van der Waals surface area contributed by atoms with E-state index in [1.807, 2.05) is 0 Å². The molecule has 2 aliphatic rings. The van der Waals surface area contributed by atoms with E-state index in [0.29, 0.717) is 23.6 Å². The van der Waals surface area contributed by atoms with E-state index < -0.39 is 5.82 Å². The monoisotopic (exact) mass is 354 g/mol. The molecule has 2 fully saturated rings. The Bertz CT molecular complexity index is 525. The van der Waals surface area contributed by atoms with Gasteiger partial charge in [-0.25, -0.2) is 4.39 Å². The maximum absolute atomic E-state index is 13.9. The number of benzene rings is 1. The maximum Gasteiger partial charge on any atom is 0.256 e. The highest BCUT2D eigenvalue weighted by Crippen LogP contribution is 2.28. The third-order valence-electron chi connectivity index (χ3n) is 4.34. The van der Waals surface area contributed by atoms with Crippen molar-refractivity contribution in [1.29, 1.82) is 0 Å². The van der Waals surface area contributed by atoms with E-state index >= 15 is 0 Å². The molecule has 0 bridgehead atoms. The van der Waals surface area contributed by atoms with Crippen molar-refractivity contribution in [2.45, 2.75) is 31.7 Å². The van der Waals surface area contributed by atoms with E-state index in [-0.39, 0.29) is 11.5 Å². The van der Waals surface area contributed by atoms with E-state index in [4.69, 9.17) is 0 Å². The van der Waals surface area contributed by atoms with Gasteiger partial charge in [-0.15, -0.1) is 0 Å². The Morgan fingerprint density at radius 1 is 1.29 bits per heavy atom. The quantitative estimate of drug-likeness (QED) is 0.900. The minimum absolute atomic E-state index is 0.169. The van der Waals surface area contributed by atoms with Gasteiger partial charge in [0.2, 0.25) is 0 Å². The number of halogens is 2. The minimum Gasteiger partial charge on any atom is -0.338 e. The zero-order valence-electron chi connectivity index (χ0n) is 11.9. The van der Waals surface area contributed by atoms with Crippen molar-refractivity contribution in [2.75, 3.05) is 19.6 Å². The van der Waals surface area contributed by atoms with Crippen molar-refractivity contribution in [3.05, 3.63) is 34.1 Å². The number of carbonyl (C=O) groups is 1. The average Bonchev–Trinajstić information content (AvgIpc) is 3.29. The Labute approximate surface area is 133 Å². The van der Waals surface area contributed by atoms with Gasteiger partial charge >= 0.3 is 0 Å². The van der Waals surface area contributed by atoms with Gasteiger partial charge < -0.3 is 10.2 Å². The van der Waals surface area contributed by atoms with Crippen LogP contribution >= 0.6 is 15.9 Å². The molecular weight excluding hydrogens is 335 g/mol. The van der Waals surface area contributed by atoms with Gasteiger partial charge in [-0.2, -0.15) is 0 Å². The lowest BCUT2D eigenvalue weighted by atomic mass is 10.0. The molecule has 21 heavy (non-hydrogen) atoms. The summed E-state index contributed by atoms with van der Waals surface area (Å²) < 4.78 is 14.5. The molecule has 1 N–H and O–H groups in total. The summed E-state index contributed by atoms with van der Waals surface area (Å²) in [5.74, 6) is 0.227. The molecule has 1 aromatic rings. The second-order valence-electron chi connectivity index (χ2n) is 6.04. The Hall–Kier alpha value is -0.940. The highest BCUT2D eigenvalue weighted by Gasteiger charge is 2.27. The van der Waals surface area contributed by atoms with E-state index in [1.165, 1.54) is 18.9 Å². The summed E-state index contributed by atoms with van der Waals surface area (Å²) in [5, 5.41) is 3.58.